The molecule has 0 spiro atoms. The van der Waals surface area contributed by atoms with Crippen molar-refractivity contribution in [2.24, 2.45) is 0 Å². The molecular weight excluding hydrogens is 304 g/mol. The maximum absolute atomic E-state index is 12.3. The molecule has 1 unspecified atom stereocenters. The predicted octanol–water partition coefficient (Wildman–Crippen LogP) is 2.59. The monoisotopic (exact) mass is 328 g/mol. The molecule has 0 saturated carbocycles. The standard InChI is InChI=1S/C16H24N2OS.ClH/c1-2-18(10-8-14-6-4-3-5-7-14)16(19)12-15-13-20-11-9-17-15;/h3-7,15,17H,2,8-13H2,1H3;1H. The SMILES string of the molecule is CCN(CCc1ccccc1)C(=O)CC1CSCCN1.Cl. The van der Waals surface area contributed by atoms with Crippen LogP contribution in [-0.2, 0) is 11.2 Å². The minimum Gasteiger partial charge on any atom is -0.343 e. The highest BCUT2D eigenvalue weighted by Crippen LogP contribution is 2.12. The Morgan fingerprint density at radius 3 is 2.76 bits per heavy atom. The van der Waals surface area contributed by atoms with Crippen LogP contribution in [0.4, 0.5) is 0 Å². The molecule has 21 heavy (non-hydrogen) atoms. The molecular formula is C16H25ClN2OS. The van der Waals surface area contributed by atoms with E-state index in [1.807, 2.05) is 22.7 Å². The van der Waals surface area contributed by atoms with E-state index in [2.05, 4.69) is 36.5 Å². The van der Waals surface area contributed by atoms with Crippen LogP contribution in [-0.4, -0.2) is 48.0 Å². The number of likely N-dealkylation sites (N-methyl/N-ethyl adjacent to an activating group) is 1. The highest BCUT2D eigenvalue weighted by atomic mass is 35.5. The highest BCUT2D eigenvalue weighted by Gasteiger charge is 2.19. The number of hydrogen-bond donors (Lipinski definition) is 1. The summed E-state index contributed by atoms with van der Waals surface area (Å²) in [5.41, 5.74) is 1.30. The van der Waals surface area contributed by atoms with Crippen molar-refractivity contribution in [1.82, 2.24) is 10.2 Å². The van der Waals surface area contributed by atoms with Gasteiger partial charge in [0, 0.05) is 43.6 Å². The molecule has 1 aliphatic heterocycles. The van der Waals surface area contributed by atoms with Crippen LogP contribution in [0.25, 0.3) is 0 Å². The van der Waals surface area contributed by atoms with Crippen molar-refractivity contribution in [3.63, 3.8) is 0 Å². The lowest BCUT2D eigenvalue weighted by Crippen LogP contribution is -2.43. The van der Waals surface area contributed by atoms with Gasteiger partial charge in [0.15, 0.2) is 0 Å². The van der Waals surface area contributed by atoms with Crippen LogP contribution >= 0.6 is 24.2 Å². The number of hydrogen-bond acceptors (Lipinski definition) is 3. The third kappa shape index (κ3) is 6.29. The molecule has 1 amide bonds. The van der Waals surface area contributed by atoms with E-state index in [4.69, 9.17) is 0 Å². The summed E-state index contributed by atoms with van der Waals surface area (Å²) in [7, 11) is 0. The smallest absolute Gasteiger partial charge is 0.224 e. The number of carbonyl (C=O) groups excluding carboxylic acids is 1. The first-order valence-electron chi connectivity index (χ1n) is 7.42. The van der Waals surface area contributed by atoms with E-state index in [0.717, 1.165) is 37.6 Å². The molecule has 2 rings (SSSR count). The Hall–Kier alpha value is -0.710. The number of carbonyl (C=O) groups is 1. The van der Waals surface area contributed by atoms with Gasteiger partial charge in [0.05, 0.1) is 0 Å². The average Bonchev–Trinajstić information content (AvgIpc) is 2.50. The van der Waals surface area contributed by atoms with Gasteiger partial charge in [-0.25, -0.2) is 0 Å². The van der Waals surface area contributed by atoms with Crippen molar-refractivity contribution in [3.05, 3.63) is 35.9 Å². The van der Waals surface area contributed by atoms with E-state index in [-0.39, 0.29) is 18.3 Å². The molecule has 0 aromatic heterocycles. The van der Waals surface area contributed by atoms with Crippen LogP contribution in [0, 0.1) is 0 Å². The Labute approximate surface area is 138 Å². The zero-order valence-electron chi connectivity index (χ0n) is 12.6. The average molecular weight is 329 g/mol. The molecule has 3 nitrogen and oxygen atoms in total. The summed E-state index contributed by atoms with van der Waals surface area (Å²) in [5, 5.41) is 3.43. The van der Waals surface area contributed by atoms with Crippen molar-refractivity contribution < 1.29 is 4.79 Å². The van der Waals surface area contributed by atoms with Crippen LogP contribution in [0.1, 0.15) is 18.9 Å². The summed E-state index contributed by atoms with van der Waals surface area (Å²) in [6, 6.07) is 10.7. The third-order valence-electron chi connectivity index (χ3n) is 3.67. The number of nitrogens with one attached hydrogen (secondary N) is 1. The Bertz CT molecular complexity index is 410. The number of rotatable bonds is 6. The van der Waals surface area contributed by atoms with Crippen molar-refractivity contribution in [2.45, 2.75) is 25.8 Å². The van der Waals surface area contributed by atoms with E-state index >= 15 is 0 Å². The third-order valence-corrected chi connectivity index (χ3v) is 4.80. The quantitative estimate of drug-likeness (QED) is 0.871. The summed E-state index contributed by atoms with van der Waals surface area (Å²) < 4.78 is 0. The fourth-order valence-corrected chi connectivity index (χ4v) is 3.41. The lowest BCUT2D eigenvalue weighted by Gasteiger charge is -2.27. The van der Waals surface area contributed by atoms with Gasteiger partial charge in [-0.05, 0) is 18.9 Å². The maximum Gasteiger partial charge on any atom is 0.224 e. The number of nitrogens with zero attached hydrogens (tertiary/aromatic N) is 1. The van der Waals surface area contributed by atoms with E-state index in [9.17, 15) is 4.79 Å². The molecule has 1 fully saturated rings. The number of benzene rings is 1. The van der Waals surface area contributed by atoms with Crippen LogP contribution in [0.15, 0.2) is 30.3 Å². The zero-order valence-corrected chi connectivity index (χ0v) is 14.2. The molecule has 1 saturated heterocycles. The molecule has 0 bridgehead atoms. The second-order valence-corrected chi connectivity index (χ2v) is 6.29. The van der Waals surface area contributed by atoms with Gasteiger partial charge in [-0.2, -0.15) is 11.8 Å². The first kappa shape index (κ1) is 18.3. The number of amides is 1. The predicted molar refractivity (Wildman–Crippen MR) is 93.4 cm³/mol. The topological polar surface area (TPSA) is 32.3 Å². The van der Waals surface area contributed by atoms with Crippen LogP contribution in [0.2, 0.25) is 0 Å². The fourth-order valence-electron chi connectivity index (χ4n) is 2.46. The van der Waals surface area contributed by atoms with Gasteiger partial charge < -0.3 is 10.2 Å². The Morgan fingerprint density at radius 2 is 2.14 bits per heavy atom. The zero-order chi connectivity index (χ0) is 14.2. The Balaban J connectivity index is 0.00000220. The highest BCUT2D eigenvalue weighted by molar-refractivity contribution is 7.99. The summed E-state index contributed by atoms with van der Waals surface area (Å²) in [4.78, 5) is 14.3. The van der Waals surface area contributed by atoms with Gasteiger partial charge in [0.2, 0.25) is 5.91 Å². The molecule has 118 valence electrons. The Morgan fingerprint density at radius 1 is 1.38 bits per heavy atom. The second-order valence-electron chi connectivity index (χ2n) is 5.14. The molecule has 1 aromatic carbocycles. The van der Waals surface area contributed by atoms with Crippen molar-refractivity contribution in [1.29, 1.82) is 0 Å². The van der Waals surface area contributed by atoms with Crippen molar-refractivity contribution >= 4 is 30.1 Å². The molecule has 1 atom stereocenters. The van der Waals surface area contributed by atoms with Crippen LogP contribution < -0.4 is 5.32 Å². The van der Waals surface area contributed by atoms with Gasteiger partial charge in [-0.1, -0.05) is 30.3 Å². The van der Waals surface area contributed by atoms with E-state index in [1.165, 1.54) is 5.56 Å². The Kier molecular flexibility index (Phi) is 8.81. The van der Waals surface area contributed by atoms with Gasteiger partial charge in [0.25, 0.3) is 0 Å². The van der Waals surface area contributed by atoms with Gasteiger partial charge in [-0.3, -0.25) is 4.79 Å². The first-order chi connectivity index (χ1) is 9.79. The molecule has 0 radical (unpaired) electrons. The van der Waals surface area contributed by atoms with Gasteiger partial charge >= 0.3 is 0 Å². The molecule has 1 heterocycles. The van der Waals surface area contributed by atoms with E-state index in [1.54, 1.807) is 0 Å². The molecule has 1 aromatic rings. The minimum atomic E-state index is 0. The minimum absolute atomic E-state index is 0. The summed E-state index contributed by atoms with van der Waals surface area (Å²) >= 11 is 1.94. The van der Waals surface area contributed by atoms with Crippen molar-refractivity contribution in [3.8, 4) is 0 Å². The van der Waals surface area contributed by atoms with Crippen LogP contribution in [0.3, 0.4) is 0 Å². The van der Waals surface area contributed by atoms with Crippen molar-refractivity contribution in [2.75, 3.05) is 31.1 Å². The van der Waals surface area contributed by atoms with Gasteiger partial charge in [0.1, 0.15) is 0 Å². The lowest BCUT2D eigenvalue weighted by atomic mass is 10.1. The van der Waals surface area contributed by atoms with E-state index < -0.39 is 0 Å². The first-order valence-corrected chi connectivity index (χ1v) is 8.58. The van der Waals surface area contributed by atoms with E-state index in [0.29, 0.717) is 12.5 Å². The van der Waals surface area contributed by atoms with Gasteiger partial charge in [-0.15, -0.1) is 12.4 Å². The second kappa shape index (κ2) is 10.1. The molecule has 1 aliphatic rings. The molecule has 1 N–H and O–H groups in total. The summed E-state index contributed by atoms with van der Waals surface area (Å²) in [6.07, 6.45) is 1.57. The fraction of sp³-hybridized carbons (Fsp3) is 0.562. The normalized spacial score (nSPS) is 17.9. The summed E-state index contributed by atoms with van der Waals surface area (Å²) in [5.74, 6) is 2.50. The van der Waals surface area contributed by atoms with Crippen LogP contribution in [0.5, 0.6) is 0 Å². The molecule has 0 aliphatic carbocycles. The largest absolute Gasteiger partial charge is 0.343 e. The summed E-state index contributed by atoms with van der Waals surface area (Å²) in [6.45, 7) is 4.70. The number of halogens is 1. The molecule has 5 heteroatoms. The lowest BCUT2D eigenvalue weighted by molar-refractivity contribution is -0.131. The maximum atomic E-state index is 12.3. The number of thioether (sulfide) groups is 1.